The molecule has 0 radical (unpaired) electrons. The number of carbonyl (C=O) groups excluding carboxylic acids is 1. The summed E-state index contributed by atoms with van der Waals surface area (Å²) in [4.78, 5) is 16.5. The third-order valence-electron chi connectivity index (χ3n) is 5.40. The first-order valence-corrected chi connectivity index (χ1v) is 8.16. The van der Waals surface area contributed by atoms with E-state index in [1.54, 1.807) is 6.07 Å². The number of hydrogen-bond acceptors (Lipinski definition) is 3. The third kappa shape index (κ3) is 2.75. The van der Waals surface area contributed by atoms with E-state index in [9.17, 15) is 9.18 Å². The van der Waals surface area contributed by atoms with Crippen LogP contribution >= 0.6 is 0 Å². The Labute approximate surface area is 130 Å². The van der Waals surface area contributed by atoms with Gasteiger partial charge < -0.3 is 10.2 Å². The van der Waals surface area contributed by atoms with Crippen LogP contribution in [0.3, 0.4) is 0 Å². The summed E-state index contributed by atoms with van der Waals surface area (Å²) in [5, 5.41) is 3.41. The van der Waals surface area contributed by atoms with Crippen molar-refractivity contribution in [3.05, 3.63) is 35.6 Å². The zero-order chi connectivity index (χ0) is 15.1. The van der Waals surface area contributed by atoms with Gasteiger partial charge in [-0.15, -0.1) is 0 Å². The highest BCUT2D eigenvalue weighted by Gasteiger charge is 2.53. The molecule has 3 atom stereocenters. The summed E-state index contributed by atoms with van der Waals surface area (Å²) < 4.78 is 13.2. The van der Waals surface area contributed by atoms with Crippen LogP contribution in [0.2, 0.25) is 0 Å². The van der Waals surface area contributed by atoms with Crippen molar-refractivity contribution in [2.45, 2.75) is 6.54 Å². The van der Waals surface area contributed by atoms with Gasteiger partial charge in [0, 0.05) is 26.2 Å². The molecule has 0 bridgehead atoms. The molecule has 1 saturated carbocycles. The average molecular weight is 303 g/mol. The lowest BCUT2D eigenvalue weighted by molar-refractivity contribution is -0.136. The lowest BCUT2D eigenvalue weighted by Crippen LogP contribution is -2.50. The van der Waals surface area contributed by atoms with E-state index in [4.69, 9.17) is 0 Å². The normalized spacial score (nSPS) is 31.4. The van der Waals surface area contributed by atoms with Gasteiger partial charge in [-0.05, 0) is 48.5 Å². The van der Waals surface area contributed by atoms with Crippen molar-refractivity contribution >= 4 is 5.91 Å². The van der Waals surface area contributed by atoms with Crippen LogP contribution < -0.4 is 5.32 Å². The minimum atomic E-state index is -0.238. The third-order valence-corrected chi connectivity index (χ3v) is 5.40. The smallest absolute Gasteiger partial charge is 0.237 e. The van der Waals surface area contributed by atoms with Gasteiger partial charge in [0.15, 0.2) is 0 Å². The molecule has 1 amide bonds. The fraction of sp³-hybridized carbons (Fsp3) is 0.588. The Morgan fingerprint density at radius 1 is 1.23 bits per heavy atom. The number of piperidine rings is 1. The predicted molar refractivity (Wildman–Crippen MR) is 81.6 cm³/mol. The summed E-state index contributed by atoms with van der Waals surface area (Å²) in [6.45, 7) is 6.09. The number of benzene rings is 1. The van der Waals surface area contributed by atoms with E-state index in [1.165, 1.54) is 12.1 Å². The van der Waals surface area contributed by atoms with Crippen LogP contribution in [0, 0.1) is 23.6 Å². The van der Waals surface area contributed by atoms with Crippen LogP contribution in [0.4, 0.5) is 4.39 Å². The Kier molecular flexibility index (Phi) is 3.62. The summed E-state index contributed by atoms with van der Waals surface area (Å²) in [5.41, 5.74) is 0.865. The molecule has 118 valence electrons. The molecule has 0 aromatic heterocycles. The molecule has 2 aliphatic heterocycles. The fourth-order valence-corrected chi connectivity index (χ4v) is 4.05. The van der Waals surface area contributed by atoms with Crippen molar-refractivity contribution in [2.75, 3.05) is 39.3 Å². The Hall–Kier alpha value is -1.46. The number of nitrogens with one attached hydrogen (secondary N) is 1. The van der Waals surface area contributed by atoms with E-state index in [-0.39, 0.29) is 11.7 Å². The van der Waals surface area contributed by atoms with Gasteiger partial charge in [0.2, 0.25) is 5.91 Å². The van der Waals surface area contributed by atoms with Crippen LogP contribution in [0.25, 0.3) is 0 Å². The molecule has 1 unspecified atom stereocenters. The molecule has 3 aliphatic rings. The van der Waals surface area contributed by atoms with Gasteiger partial charge in [-0.1, -0.05) is 12.1 Å². The van der Waals surface area contributed by atoms with E-state index >= 15 is 0 Å². The quantitative estimate of drug-likeness (QED) is 0.899. The summed E-state index contributed by atoms with van der Waals surface area (Å²) >= 11 is 0. The summed E-state index contributed by atoms with van der Waals surface area (Å²) in [7, 11) is 0. The number of piperazine rings is 1. The topological polar surface area (TPSA) is 35.6 Å². The Morgan fingerprint density at radius 2 is 2.05 bits per heavy atom. The highest BCUT2D eigenvalue weighted by Crippen LogP contribution is 2.48. The second-order valence-corrected chi connectivity index (χ2v) is 6.83. The van der Waals surface area contributed by atoms with E-state index in [0.717, 1.165) is 56.0 Å². The molecule has 4 rings (SSSR count). The van der Waals surface area contributed by atoms with Crippen molar-refractivity contribution in [2.24, 2.45) is 17.8 Å². The molecule has 2 heterocycles. The first-order chi connectivity index (χ1) is 10.7. The maximum Gasteiger partial charge on any atom is 0.237 e. The second kappa shape index (κ2) is 5.63. The largest absolute Gasteiger partial charge is 0.336 e. The Balaban J connectivity index is 1.30. The van der Waals surface area contributed by atoms with Gasteiger partial charge >= 0.3 is 0 Å². The van der Waals surface area contributed by atoms with Gasteiger partial charge in [0.1, 0.15) is 5.82 Å². The maximum absolute atomic E-state index is 13.2. The van der Waals surface area contributed by atoms with Gasteiger partial charge in [-0.3, -0.25) is 9.69 Å². The number of nitrogens with zero attached hydrogens (tertiary/aromatic N) is 2. The summed E-state index contributed by atoms with van der Waals surface area (Å²) in [6, 6.07) is 6.52. The number of amides is 1. The van der Waals surface area contributed by atoms with Gasteiger partial charge in [0.25, 0.3) is 0 Å². The van der Waals surface area contributed by atoms with Crippen molar-refractivity contribution in [1.29, 1.82) is 0 Å². The van der Waals surface area contributed by atoms with Crippen molar-refractivity contribution in [3.63, 3.8) is 0 Å². The zero-order valence-electron chi connectivity index (χ0n) is 12.7. The monoisotopic (exact) mass is 303 g/mol. The van der Waals surface area contributed by atoms with Crippen LogP contribution in [0.15, 0.2) is 24.3 Å². The molecular formula is C17H22FN3O. The minimum absolute atomic E-state index is 0.166. The molecule has 5 heteroatoms. The van der Waals surface area contributed by atoms with E-state index in [1.807, 2.05) is 11.0 Å². The van der Waals surface area contributed by atoms with E-state index in [2.05, 4.69) is 10.2 Å². The fourth-order valence-electron chi connectivity index (χ4n) is 4.05. The lowest BCUT2D eigenvalue weighted by Gasteiger charge is -2.34. The summed E-state index contributed by atoms with van der Waals surface area (Å²) in [6.07, 6.45) is 0. The van der Waals surface area contributed by atoms with Crippen LogP contribution in [-0.2, 0) is 11.3 Å². The number of hydrogen-bond donors (Lipinski definition) is 1. The lowest BCUT2D eigenvalue weighted by atomic mass is 10.1. The molecule has 1 aliphatic carbocycles. The maximum atomic E-state index is 13.2. The van der Waals surface area contributed by atoms with Crippen LogP contribution in [0.1, 0.15) is 5.56 Å². The minimum Gasteiger partial charge on any atom is -0.336 e. The zero-order valence-corrected chi connectivity index (χ0v) is 12.7. The highest BCUT2D eigenvalue weighted by molar-refractivity contribution is 5.79. The molecule has 3 fully saturated rings. The molecule has 0 spiro atoms. The average Bonchev–Trinajstić information content (AvgIpc) is 2.93. The van der Waals surface area contributed by atoms with Gasteiger partial charge in [-0.25, -0.2) is 4.39 Å². The molecular weight excluding hydrogens is 281 g/mol. The van der Waals surface area contributed by atoms with Crippen molar-refractivity contribution in [3.8, 4) is 0 Å². The SMILES string of the molecule is O=C1CN(CC2[C@H]3CNC[C@@H]23)CCN1Cc1cccc(F)c1. The predicted octanol–water partition coefficient (Wildman–Crippen LogP) is 0.935. The van der Waals surface area contributed by atoms with E-state index in [0.29, 0.717) is 13.1 Å². The number of rotatable bonds is 4. The van der Waals surface area contributed by atoms with Gasteiger partial charge in [-0.2, -0.15) is 0 Å². The first kappa shape index (κ1) is 14.2. The number of halogens is 1. The second-order valence-electron chi connectivity index (χ2n) is 6.83. The molecule has 22 heavy (non-hydrogen) atoms. The Morgan fingerprint density at radius 3 is 2.77 bits per heavy atom. The van der Waals surface area contributed by atoms with Crippen molar-refractivity contribution in [1.82, 2.24) is 15.1 Å². The first-order valence-electron chi connectivity index (χ1n) is 8.16. The Bertz CT molecular complexity index is 569. The van der Waals surface area contributed by atoms with E-state index < -0.39 is 0 Å². The molecule has 4 nitrogen and oxygen atoms in total. The molecule has 2 saturated heterocycles. The summed E-state index contributed by atoms with van der Waals surface area (Å²) in [5.74, 6) is 2.42. The molecule has 1 N–H and O–H groups in total. The van der Waals surface area contributed by atoms with Crippen LogP contribution in [0.5, 0.6) is 0 Å². The standard InChI is InChI=1S/C17H22FN3O/c18-13-3-1-2-12(6-13)9-21-5-4-20(11-17(21)22)10-16-14-7-19-8-15(14)16/h1-3,6,14-16,19H,4-5,7-11H2/t14-,15+,16?. The van der Waals surface area contributed by atoms with Crippen LogP contribution in [-0.4, -0.2) is 55.0 Å². The molecule has 1 aromatic rings. The van der Waals surface area contributed by atoms with Gasteiger partial charge in [0.05, 0.1) is 6.54 Å². The van der Waals surface area contributed by atoms with Crippen molar-refractivity contribution < 1.29 is 9.18 Å². The highest BCUT2D eigenvalue weighted by atomic mass is 19.1. The number of fused-ring (bicyclic) bond motifs is 1. The molecule has 1 aromatic carbocycles. The number of carbonyl (C=O) groups is 1.